The third kappa shape index (κ3) is 3.31. The number of amides is 1. The van der Waals surface area contributed by atoms with Crippen LogP contribution in [0.15, 0.2) is 36.5 Å². The zero-order chi connectivity index (χ0) is 18.1. The van der Waals surface area contributed by atoms with Gasteiger partial charge in [-0.25, -0.2) is 4.98 Å². The fourth-order valence-corrected chi connectivity index (χ4v) is 3.89. The van der Waals surface area contributed by atoms with E-state index in [1.165, 1.54) is 5.56 Å². The number of carbonyl (C=O) groups excluding carboxylic acids is 1. The quantitative estimate of drug-likeness (QED) is 0.879. The summed E-state index contributed by atoms with van der Waals surface area (Å²) in [5.74, 6) is 1.60. The molecular weight excluding hydrogens is 326 g/mol. The monoisotopic (exact) mass is 351 g/mol. The Hall–Kier alpha value is -2.40. The lowest BCUT2D eigenvalue weighted by molar-refractivity contribution is -0.118. The molecule has 1 aliphatic heterocycles. The molecule has 1 aromatic heterocycles. The van der Waals surface area contributed by atoms with Crippen LogP contribution in [0.1, 0.15) is 30.4 Å². The molecule has 4 rings (SSSR count). The van der Waals surface area contributed by atoms with Crippen LogP contribution in [-0.2, 0) is 4.79 Å². The van der Waals surface area contributed by atoms with Crippen molar-refractivity contribution < 1.29 is 9.53 Å². The minimum absolute atomic E-state index is 0.122. The first kappa shape index (κ1) is 17.0. The van der Waals surface area contributed by atoms with E-state index in [0.717, 1.165) is 49.4 Å². The van der Waals surface area contributed by atoms with Crippen LogP contribution in [0.25, 0.3) is 0 Å². The molecule has 2 aliphatic rings. The van der Waals surface area contributed by atoms with Crippen LogP contribution in [0.3, 0.4) is 0 Å². The predicted molar refractivity (Wildman–Crippen MR) is 102 cm³/mol. The number of aromatic nitrogens is 1. The maximum atomic E-state index is 12.5. The molecule has 136 valence electrons. The number of piperidine rings is 1. The summed E-state index contributed by atoms with van der Waals surface area (Å²) in [7, 11) is 0. The molecule has 2 heterocycles. The van der Waals surface area contributed by atoms with Crippen LogP contribution >= 0.6 is 0 Å². The second-order valence-corrected chi connectivity index (χ2v) is 7.54. The van der Waals surface area contributed by atoms with E-state index in [-0.39, 0.29) is 17.2 Å². The minimum atomic E-state index is 0.122. The first-order valence-electron chi connectivity index (χ1n) is 9.29. The van der Waals surface area contributed by atoms with Gasteiger partial charge in [-0.1, -0.05) is 12.1 Å². The second kappa shape index (κ2) is 6.72. The van der Waals surface area contributed by atoms with Gasteiger partial charge in [-0.05, 0) is 74.9 Å². The third-order valence-corrected chi connectivity index (χ3v) is 5.88. The number of aryl methyl sites for hydroxylation is 1. The van der Waals surface area contributed by atoms with Crippen molar-refractivity contribution in [2.45, 2.75) is 33.1 Å². The molecule has 1 spiro atoms. The number of ether oxygens (including phenoxy) is 1. The lowest BCUT2D eigenvalue weighted by Gasteiger charge is -2.23. The summed E-state index contributed by atoms with van der Waals surface area (Å²) in [6.45, 7) is 6.14. The van der Waals surface area contributed by atoms with Crippen molar-refractivity contribution in [1.82, 2.24) is 10.3 Å². The van der Waals surface area contributed by atoms with Gasteiger partial charge in [0.2, 0.25) is 11.8 Å². The van der Waals surface area contributed by atoms with Gasteiger partial charge in [0.1, 0.15) is 5.75 Å². The van der Waals surface area contributed by atoms with E-state index in [9.17, 15) is 4.79 Å². The Morgan fingerprint density at radius 1 is 1.23 bits per heavy atom. The molecule has 26 heavy (non-hydrogen) atoms. The summed E-state index contributed by atoms with van der Waals surface area (Å²) in [6, 6.07) is 9.61. The normalized spacial score (nSPS) is 20.6. The zero-order valence-corrected chi connectivity index (χ0v) is 15.3. The average molecular weight is 351 g/mol. The third-order valence-electron chi connectivity index (χ3n) is 5.88. The fraction of sp³-hybridized carbons (Fsp3) is 0.429. The maximum absolute atomic E-state index is 12.5. The van der Waals surface area contributed by atoms with Crippen LogP contribution in [-0.4, -0.2) is 24.0 Å². The molecule has 1 aromatic carbocycles. The van der Waals surface area contributed by atoms with E-state index in [4.69, 9.17) is 4.74 Å². The van der Waals surface area contributed by atoms with Crippen molar-refractivity contribution in [2.75, 3.05) is 18.4 Å². The van der Waals surface area contributed by atoms with Crippen LogP contribution in [0.4, 0.5) is 5.69 Å². The predicted octanol–water partition coefficient (Wildman–Crippen LogP) is 3.82. The van der Waals surface area contributed by atoms with E-state index in [1.54, 1.807) is 12.3 Å². The van der Waals surface area contributed by atoms with Gasteiger partial charge < -0.3 is 15.4 Å². The van der Waals surface area contributed by atoms with Crippen molar-refractivity contribution in [2.24, 2.45) is 11.3 Å². The van der Waals surface area contributed by atoms with Crippen molar-refractivity contribution >= 4 is 11.6 Å². The molecule has 1 aliphatic carbocycles. The SMILES string of the molecule is Cc1cccc(Oc2ccc(NC(=O)C3CC34CCNCC4)cn2)c1C. The molecule has 5 heteroatoms. The number of hydrogen-bond donors (Lipinski definition) is 2. The highest BCUT2D eigenvalue weighted by Crippen LogP contribution is 2.58. The second-order valence-electron chi connectivity index (χ2n) is 7.54. The summed E-state index contributed by atoms with van der Waals surface area (Å²) in [5, 5.41) is 6.38. The Labute approximate surface area is 154 Å². The van der Waals surface area contributed by atoms with E-state index in [2.05, 4.69) is 28.6 Å². The number of carbonyl (C=O) groups is 1. The van der Waals surface area contributed by atoms with Crippen LogP contribution in [0.2, 0.25) is 0 Å². The highest BCUT2D eigenvalue weighted by Gasteiger charge is 2.57. The number of anilines is 1. The summed E-state index contributed by atoms with van der Waals surface area (Å²) in [5.41, 5.74) is 3.25. The van der Waals surface area contributed by atoms with Gasteiger partial charge in [0, 0.05) is 12.0 Å². The maximum Gasteiger partial charge on any atom is 0.228 e. The van der Waals surface area contributed by atoms with Gasteiger partial charge in [0.25, 0.3) is 0 Å². The molecule has 1 unspecified atom stereocenters. The fourth-order valence-electron chi connectivity index (χ4n) is 3.89. The van der Waals surface area contributed by atoms with Gasteiger partial charge in [0.15, 0.2) is 0 Å². The molecule has 2 fully saturated rings. The van der Waals surface area contributed by atoms with Crippen LogP contribution in [0.5, 0.6) is 11.6 Å². The number of nitrogens with zero attached hydrogens (tertiary/aromatic N) is 1. The Morgan fingerprint density at radius 3 is 2.77 bits per heavy atom. The Kier molecular flexibility index (Phi) is 4.41. The molecule has 1 amide bonds. The van der Waals surface area contributed by atoms with Gasteiger partial charge in [-0.2, -0.15) is 0 Å². The highest BCUT2D eigenvalue weighted by atomic mass is 16.5. The summed E-state index contributed by atoms with van der Waals surface area (Å²) < 4.78 is 5.87. The van der Waals surface area contributed by atoms with E-state index >= 15 is 0 Å². The number of rotatable bonds is 4. The summed E-state index contributed by atoms with van der Waals surface area (Å²) in [4.78, 5) is 16.9. The molecular formula is C21H25N3O2. The van der Waals surface area contributed by atoms with Gasteiger partial charge in [-0.15, -0.1) is 0 Å². The number of benzene rings is 1. The molecule has 2 aromatic rings. The van der Waals surface area contributed by atoms with Crippen molar-refractivity contribution in [3.8, 4) is 11.6 Å². The Balaban J connectivity index is 1.37. The van der Waals surface area contributed by atoms with Crippen LogP contribution in [0, 0.1) is 25.2 Å². The van der Waals surface area contributed by atoms with Crippen molar-refractivity contribution in [3.63, 3.8) is 0 Å². The smallest absolute Gasteiger partial charge is 0.228 e. The summed E-state index contributed by atoms with van der Waals surface area (Å²) >= 11 is 0. The molecule has 1 saturated heterocycles. The molecule has 0 bridgehead atoms. The van der Waals surface area contributed by atoms with E-state index in [0.29, 0.717) is 5.88 Å². The van der Waals surface area contributed by atoms with Crippen molar-refractivity contribution in [3.05, 3.63) is 47.7 Å². The standard InChI is InChI=1S/C21H25N3O2/c1-14-4-3-5-18(15(14)2)26-19-7-6-16(13-23-19)24-20(25)17-12-21(17)8-10-22-11-9-21/h3-7,13,17,22H,8-12H2,1-2H3,(H,24,25). The van der Waals surface area contributed by atoms with Crippen molar-refractivity contribution in [1.29, 1.82) is 0 Å². The van der Waals surface area contributed by atoms with Gasteiger partial charge in [-0.3, -0.25) is 4.79 Å². The first-order chi connectivity index (χ1) is 12.6. The number of nitrogens with one attached hydrogen (secondary N) is 2. The van der Waals surface area contributed by atoms with E-state index in [1.807, 2.05) is 25.1 Å². The molecule has 5 nitrogen and oxygen atoms in total. The van der Waals surface area contributed by atoms with Gasteiger partial charge in [0.05, 0.1) is 11.9 Å². The molecule has 1 saturated carbocycles. The number of pyridine rings is 1. The highest BCUT2D eigenvalue weighted by molar-refractivity contribution is 5.95. The topological polar surface area (TPSA) is 63.2 Å². The summed E-state index contributed by atoms with van der Waals surface area (Å²) in [6.07, 6.45) is 4.88. The number of hydrogen-bond acceptors (Lipinski definition) is 4. The zero-order valence-electron chi connectivity index (χ0n) is 15.3. The first-order valence-corrected chi connectivity index (χ1v) is 9.29. The van der Waals surface area contributed by atoms with Crippen LogP contribution < -0.4 is 15.4 Å². The van der Waals surface area contributed by atoms with Gasteiger partial charge >= 0.3 is 0 Å². The van der Waals surface area contributed by atoms with E-state index < -0.39 is 0 Å². The molecule has 2 N–H and O–H groups in total. The molecule has 1 atom stereocenters. The Bertz CT molecular complexity index is 811. The average Bonchev–Trinajstić information content (AvgIpc) is 3.34. The minimum Gasteiger partial charge on any atom is -0.439 e. The Morgan fingerprint density at radius 2 is 2.04 bits per heavy atom. The lowest BCUT2D eigenvalue weighted by atomic mass is 9.92. The molecule has 0 radical (unpaired) electrons. The largest absolute Gasteiger partial charge is 0.439 e. The lowest BCUT2D eigenvalue weighted by Crippen LogP contribution is -2.31.